The number of ether oxygens (including phenoxy) is 4. The normalized spacial score (nSPS) is 17.4. The van der Waals surface area contributed by atoms with Gasteiger partial charge in [-0.1, -0.05) is 12.1 Å². The van der Waals surface area contributed by atoms with Crippen molar-refractivity contribution in [1.82, 2.24) is 15.1 Å². The van der Waals surface area contributed by atoms with E-state index in [1.54, 1.807) is 12.1 Å². The zero-order valence-corrected chi connectivity index (χ0v) is 23.0. The number of carboxylic acid groups (broad SMARTS) is 1. The van der Waals surface area contributed by atoms with Crippen molar-refractivity contribution in [2.45, 2.75) is 31.3 Å². The fraction of sp³-hybridized carbons (Fsp3) is 0.607. The highest BCUT2D eigenvalue weighted by Crippen LogP contribution is 2.36. The number of anilines is 2. The number of nitrogens with two attached hydrogens (primary N) is 1. The van der Waals surface area contributed by atoms with Crippen LogP contribution in [0.1, 0.15) is 25.7 Å². The van der Waals surface area contributed by atoms with Gasteiger partial charge in [0.05, 0.1) is 50.0 Å². The zero-order valence-electron chi connectivity index (χ0n) is 23.0. The monoisotopic (exact) mass is 559 g/mol. The van der Waals surface area contributed by atoms with Crippen molar-refractivity contribution >= 4 is 17.5 Å². The summed E-state index contributed by atoms with van der Waals surface area (Å²) in [6.07, 6.45) is 3.84. The fourth-order valence-corrected chi connectivity index (χ4v) is 5.18. The van der Waals surface area contributed by atoms with Crippen LogP contribution in [0.4, 0.5) is 11.5 Å². The summed E-state index contributed by atoms with van der Waals surface area (Å²) in [6.45, 7) is 7.23. The molecule has 12 nitrogen and oxygen atoms in total. The molecule has 4 rings (SSSR count). The molecule has 0 bridgehead atoms. The van der Waals surface area contributed by atoms with E-state index in [9.17, 15) is 9.90 Å². The highest BCUT2D eigenvalue weighted by Gasteiger charge is 2.40. The number of nitrogen functional groups attached to an aromatic ring is 1. The first-order valence-corrected chi connectivity index (χ1v) is 13.9. The Labute approximate surface area is 235 Å². The summed E-state index contributed by atoms with van der Waals surface area (Å²) in [5.74, 6) is -0.426. The van der Waals surface area contributed by atoms with Gasteiger partial charge >= 0.3 is 5.97 Å². The lowest BCUT2D eigenvalue weighted by Crippen LogP contribution is -2.57. The maximum atomic E-state index is 10.4. The number of hydrogen-bond donors (Lipinski definition) is 3. The molecule has 40 heavy (non-hydrogen) atoms. The molecule has 0 aliphatic carbocycles. The number of aromatic nitrogens is 2. The second kappa shape index (κ2) is 15.1. The smallest absolute Gasteiger partial charge is 0.329 e. The van der Waals surface area contributed by atoms with Crippen molar-refractivity contribution in [3.63, 3.8) is 0 Å². The average Bonchev–Trinajstić information content (AvgIpc) is 2.95. The minimum Gasteiger partial charge on any atom is -0.507 e. The van der Waals surface area contributed by atoms with Crippen LogP contribution in [0, 0.1) is 0 Å². The minimum absolute atomic E-state index is 0.146. The van der Waals surface area contributed by atoms with Gasteiger partial charge in [0.1, 0.15) is 12.4 Å². The number of piperidine rings is 1. The van der Waals surface area contributed by atoms with Crippen molar-refractivity contribution in [1.29, 1.82) is 0 Å². The van der Waals surface area contributed by atoms with Crippen molar-refractivity contribution in [2.75, 3.05) is 89.6 Å². The van der Waals surface area contributed by atoms with E-state index in [0.29, 0.717) is 43.5 Å². The summed E-state index contributed by atoms with van der Waals surface area (Å²) in [5.41, 5.74) is 8.14. The summed E-state index contributed by atoms with van der Waals surface area (Å²) in [5, 5.41) is 27.1. The van der Waals surface area contributed by atoms with Gasteiger partial charge in [-0.05, 0) is 50.4 Å². The van der Waals surface area contributed by atoms with Crippen LogP contribution in [0.5, 0.6) is 5.75 Å². The van der Waals surface area contributed by atoms with Crippen LogP contribution in [0.25, 0.3) is 11.3 Å². The molecule has 2 aliphatic heterocycles. The molecule has 0 amide bonds. The number of aliphatic carboxylic acids is 1. The molecule has 1 aromatic carbocycles. The number of nitrogens with zero attached hydrogens (tertiary/aromatic N) is 4. The lowest BCUT2D eigenvalue weighted by Gasteiger charge is -2.48. The Bertz CT molecular complexity index is 1080. The summed E-state index contributed by atoms with van der Waals surface area (Å²) in [6, 6.07) is 9.01. The van der Waals surface area contributed by atoms with Crippen LogP contribution < -0.4 is 10.6 Å². The topological polar surface area (TPSA) is 153 Å². The number of para-hydroxylation sites is 1. The lowest BCUT2D eigenvalue weighted by atomic mass is 9.89. The van der Waals surface area contributed by atoms with E-state index in [1.807, 2.05) is 18.2 Å². The maximum absolute atomic E-state index is 10.4. The molecular formula is C28H41N5O7. The third-order valence-corrected chi connectivity index (χ3v) is 7.31. The Morgan fingerprint density at radius 3 is 2.48 bits per heavy atom. The number of phenols is 1. The maximum Gasteiger partial charge on any atom is 0.329 e. The predicted molar refractivity (Wildman–Crippen MR) is 149 cm³/mol. The van der Waals surface area contributed by atoms with Crippen molar-refractivity contribution < 1.29 is 34.0 Å². The average molecular weight is 560 g/mol. The van der Waals surface area contributed by atoms with Crippen LogP contribution >= 0.6 is 0 Å². The molecule has 0 saturated carbocycles. The van der Waals surface area contributed by atoms with Gasteiger partial charge in [-0.3, -0.25) is 4.90 Å². The van der Waals surface area contributed by atoms with Crippen LogP contribution in [-0.4, -0.2) is 116 Å². The molecular weight excluding hydrogens is 518 g/mol. The number of carboxylic acids is 1. The first-order chi connectivity index (χ1) is 19.5. The number of unbranched alkanes of at least 4 members (excludes halogenated alkanes) is 1. The molecule has 0 radical (unpaired) electrons. The quantitative estimate of drug-likeness (QED) is 0.274. The third kappa shape index (κ3) is 8.73. The molecule has 220 valence electrons. The molecule has 4 N–H and O–H groups in total. The fourth-order valence-electron chi connectivity index (χ4n) is 5.18. The summed E-state index contributed by atoms with van der Waals surface area (Å²) >= 11 is 0. The summed E-state index contributed by atoms with van der Waals surface area (Å²) in [4.78, 5) is 15.1. The Morgan fingerprint density at radius 2 is 1.73 bits per heavy atom. The predicted octanol–water partition coefficient (Wildman–Crippen LogP) is 2.02. The van der Waals surface area contributed by atoms with Gasteiger partial charge < -0.3 is 39.8 Å². The van der Waals surface area contributed by atoms with E-state index in [4.69, 9.17) is 29.8 Å². The first-order valence-electron chi connectivity index (χ1n) is 13.9. The van der Waals surface area contributed by atoms with Gasteiger partial charge in [-0.25, -0.2) is 4.79 Å². The molecule has 2 saturated heterocycles. The van der Waals surface area contributed by atoms with E-state index < -0.39 is 5.97 Å². The molecule has 1 aromatic heterocycles. The van der Waals surface area contributed by atoms with Crippen molar-refractivity contribution in [3.8, 4) is 17.0 Å². The minimum atomic E-state index is -0.980. The van der Waals surface area contributed by atoms with Gasteiger partial charge in [0.2, 0.25) is 0 Å². The van der Waals surface area contributed by atoms with E-state index in [-0.39, 0.29) is 24.6 Å². The first kappa shape index (κ1) is 29.9. The number of aromatic hydroxyl groups is 1. The summed E-state index contributed by atoms with van der Waals surface area (Å²) < 4.78 is 22.3. The van der Waals surface area contributed by atoms with E-state index >= 15 is 0 Å². The van der Waals surface area contributed by atoms with Gasteiger partial charge in [-0.15, -0.1) is 10.2 Å². The largest absolute Gasteiger partial charge is 0.507 e. The van der Waals surface area contributed by atoms with Crippen LogP contribution in [0.15, 0.2) is 30.3 Å². The standard InChI is InChI=1S/C28H41N5O7/c29-27-24(19-23(30-31-27)22-5-1-2-6-25(22)34)33-10-7-28(8-11-33)21-32(12-14-40-28)9-3-4-13-37-15-16-38-17-18-39-20-26(35)36/h1-2,5-6,19,34H,3-4,7-18,20-21H2,(H2,29,31)(H,35,36). The second-order valence-corrected chi connectivity index (χ2v) is 10.2. The highest BCUT2D eigenvalue weighted by molar-refractivity contribution is 5.74. The van der Waals surface area contributed by atoms with Crippen molar-refractivity contribution in [2.24, 2.45) is 0 Å². The molecule has 2 aromatic rings. The van der Waals surface area contributed by atoms with Gasteiger partial charge in [0, 0.05) is 38.3 Å². The lowest BCUT2D eigenvalue weighted by molar-refractivity contribution is -0.142. The SMILES string of the molecule is Nc1nnc(-c2ccccc2O)cc1N1CCC2(CC1)CN(CCCCOCCOCCOCC(=O)O)CCO2. The number of morpholine rings is 1. The van der Waals surface area contributed by atoms with Crippen molar-refractivity contribution in [3.05, 3.63) is 30.3 Å². The number of benzene rings is 1. The van der Waals surface area contributed by atoms with Crippen LogP contribution in [0.3, 0.4) is 0 Å². The van der Waals surface area contributed by atoms with Crippen LogP contribution in [0.2, 0.25) is 0 Å². The molecule has 2 fully saturated rings. The van der Waals surface area contributed by atoms with E-state index in [0.717, 1.165) is 70.7 Å². The van der Waals surface area contributed by atoms with Gasteiger partial charge in [0.15, 0.2) is 5.82 Å². The molecule has 2 aliphatic rings. The van der Waals surface area contributed by atoms with Gasteiger partial charge in [0.25, 0.3) is 0 Å². The van der Waals surface area contributed by atoms with Crippen LogP contribution in [-0.2, 0) is 23.7 Å². The number of rotatable bonds is 15. The van der Waals surface area contributed by atoms with E-state index in [2.05, 4.69) is 20.0 Å². The molecule has 0 atom stereocenters. The highest BCUT2D eigenvalue weighted by atomic mass is 16.5. The Balaban J connectivity index is 1.14. The molecule has 12 heteroatoms. The zero-order chi connectivity index (χ0) is 28.2. The van der Waals surface area contributed by atoms with E-state index in [1.165, 1.54) is 0 Å². The Hall–Kier alpha value is -3.03. The van der Waals surface area contributed by atoms with Gasteiger partial charge in [-0.2, -0.15) is 0 Å². The molecule has 1 spiro atoms. The number of phenolic OH excluding ortho intramolecular Hbond substituents is 1. The Kier molecular flexibility index (Phi) is 11.3. The number of carbonyl (C=O) groups is 1. The molecule has 0 unspecified atom stereocenters. The Morgan fingerprint density at radius 1 is 1.00 bits per heavy atom. The second-order valence-electron chi connectivity index (χ2n) is 10.2. The molecule has 3 heterocycles. The number of hydrogen-bond acceptors (Lipinski definition) is 11. The summed E-state index contributed by atoms with van der Waals surface area (Å²) in [7, 11) is 0. The third-order valence-electron chi connectivity index (χ3n) is 7.31.